The van der Waals surface area contributed by atoms with Gasteiger partial charge in [0.15, 0.2) is 0 Å². The second kappa shape index (κ2) is 6.87. The summed E-state index contributed by atoms with van der Waals surface area (Å²) in [7, 11) is 1.57. The summed E-state index contributed by atoms with van der Waals surface area (Å²) in [6.45, 7) is 1.75. The molecule has 2 rings (SSSR count). The first-order valence-electron chi connectivity index (χ1n) is 6.95. The van der Waals surface area contributed by atoms with E-state index in [0.29, 0.717) is 5.69 Å². The third kappa shape index (κ3) is 3.82. The lowest BCUT2D eigenvalue weighted by Crippen LogP contribution is -2.26. The van der Waals surface area contributed by atoms with E-state index in [1.54, 1.807) is 26.1 Å². The fourth-order valence-electron chi connectivity index (χ4n) is 2.15. The van der Waals surface area contributed by atoms with Crippen molar-refractivity contribution in [3.63, 3.8) is 0 Å². The molecule has 23 heavy (non-hydrogen) atoms. The normalized spacial score (nSPS) is 11.6. The van der Waals surface area contributed by atoms with Crippen LogP contribution in [0.15, 0.2) is 42.5 Å². The number of carbonyl (C=O) groups is 1. The summed E-state index contributed by atoms with van der Waals surface area (Å²) in [5.74, 6) is -0.793. The molecular weight excluding hydrogens is 301 g/mol. The van der Waals surface area contributed by atoms with E-state index in [0.717, 1.165) is 5.56 Å². The Bertz CT molecular complexity index is 732. The van der Waals surface area contributed by atoms with Gasteiger partial charge < -0.3 is 10.6 Å². The van der Waals surface area contributed by atoms with Crippen LogP contribution >= 0.6 is 0 Å². The van der Waals surface area contributed by atoms with Gasteiger partial charge in [-0.2, -0.15) is 0 Å². The Kier molecular flexibility index (Phi) is 4.90. The maximum Gasteiger partial charge on any atom is 0.293 e. The maximum absolute atomic E-state index is 12.9. The Labute approximate surface area is 132 Å². The Morgan fingerprint density at radius 1 is 1.22 bits per heavy atom. The highest BCUT2D eigenvalue weighted by molar-refractivity contribution is 5.96. The summed E-state index contributed by atoms with van der Waals surface area (Å²) in [4.78, 5) is 22.7. The molecule has 0 aromatic heterocycles. The van der Waals surface area contributed by atoms with Crippen LogP contribution in [0.2, 0.25) is 0 Å². The number of hydrogen-bond donors (Lipinski definition) is 2. The van der Waals surface area contributed by atoms with Crippen LogP contribution in [-0.2, 0) is 0 Å². The second-order valence-corrected chi connectivity index (χ2v) is 4.99. The van der Waals surface area contributed by atoms with Gasteiger partial charge in [-0.1, -0.05) is 12.1 Å². The Hall–Kier alpha value is -2.96. The fourth-order valence-corrected chi connectivity index (χ4v) is 2.15. The van der Waals surface area contributed by atoms with Crippen LogP contribution in [-0.4, -0.2) is 17.9 Å². The van der Waals surface area contributed by atoms with Crippen molar-refractivity contribution < 1.29 is 14.1 Å². The minimum absolute atomic E-state index is 0.172. The molecule has 0 saturated heterocycles. The van der Waals surface area contributed by atoms with Gasteiger partial charge in [0.25, 0.3) is 11.6 Å². The van der Waals surface area contributed by atoms with Crippen molar-refractivity contribution in [3.8, 4) is 0 Å². The van der Waals surface area contributed by atoms with Crippen molar-refractivity contribution >= 4 is 17.3 Å². The minimum Gasteiger partial charge on any atom is -0.383 e. The highest BCUT2D eigenvalue weighted by Gasteiger charge is 2.18. The summed E-state index contributed by atoms with van der Waals surface area (Å²) in [5, 5.41) is 16.5. The van der Waals surface area contributed by atoms with Crippen LogP contribution in [0.4, 0.5) is 15.8 Å². The molecule has 120 valence electrons. The smallest absolute Gasteiger partial charge is 0.293 e. The Morgan fingerprint density at radius 2 is 1.87 bits per heavy atom. The van der Waals surface area contributed by atoms with Gasteiger partial charge in [0.2, 0.25) is 0 Å². The molecule has 0 spiro atoms. The first-order chi connectivity index (χ1) is 10.9. The molecule has 0 saturated carbocycles. The predicted molar refractivity (Wildman–Crippen MR) is 84.9 cm³/mol. The molecule has 0 aliphatic rings. The van der Waals surface area contributed by atoms with Crippen LogP contribution in [0.5, 0.6) is 0 Å². The van der Waals surface area contributed by atoms with E-state index in [-0.39, 0.29) is 23.1 Å². The van der Waals surface area contributed by atoms with E-state index in [2.05, 4.69) is 10.6 Å². The summed E-state index contributed by atoms with van der Waals surface area (Å²) in [5.41, 5.74) is 1.08. The zero-order valence-electron chi connectivity index (χ0n) is 12.7. The highest BCUT2D eigenvalue weighted by atomic mass is 19.1. The molecule has 2 N–H and O–H groups in total. The van der Waals surface area contributed by atoms with Gasteiger partial charge in [-0.3, -0.25) is 14.9 Å². The van der Waals surface area contributed by atoms with Gasteiger partial charge in [0.05, 0.1) is 11.0 Å². The van der Waals surface area contributed by atoms with Crippen molar-refractivity contribution in [1.82, 2.24) is 5.32 Å². The fraction of sp³-hybridized carbons (Fsp3) is 0.188. The molecule has 1 atom stereocenters. The van der Waals surface area contributed by atoms with Crippen molar-refractivity contribution in [2.45, 2.75) is 13.0 Å². The quantitative estimate of drug-likeness (QED) is 0.655. The van der Waals surface area contributed by atoms with Gasteiger partial charge in [-0.15, -0.1) is 0 Å². The molecule has 7 heteroatoms. The lowest BCUT2D eigenvalue weighted by Gasteiger charge is -2.14. The first-order valence-corrected chi connectivity index (χ1v) is 6.95. The van der Waals surface area contributed by atoms with E-state index < -0.39 is 10.8 Å². The van der Waals surface area contributed by atoms with E-state index in [9.17, 15) is 19.3 Å². The first kappa shape index (κ1) is 16.4. The lowest BCUT2D eigenvalue weighted by molar-refractivity contribution is -0.384. The monoisotopic (exact) mass is 317 g/mol. The van der Waals surface area contributed by atoms with E-state index >= 15 is 0 Å². The minimum atomic E-state index is -0.550. The zero-order chi connectivity index (χ0) is 17.0. The lowest BCUT2D eigenvalue weighted by atomic mass is 10.1. The van der Waals surface area contributed by atoms with Gasteiger partial charge >= 0.3 is 0 Å². The molecule has 0 bridgehead atoms. The number of hydrogen-bond acceptors (Lipinski definition) is 4. The van der Waals surface area contributed by atoms with Crippen molar-refractivity contribution in [1.29, 1.82) is 0 Å². The number of nitrogens with zero attached hydrogens (tertiary/aromatic N) is 1. The molecule has 2 aromatic rings. The summed E-state index contributed by atoms with van der Waals surface area (Å²) >= 11 is 0. The van der Waals surface area contributed by atoms with E-state index in [1.807, 2.05) is 0 Å². The number of nitro benzene ring substituents is 1. The van der Waals surface area contributed by atoms with Crippen LogP contribution < -0.4 is 10.6 Å². The Morgan fingerprint density at radius 3 is 2.43 bits per heavy atom. The molecule has 0 aliphatic carbocycles. The topological polar surface area (TPSA) is 84.3 Å². The molecule has 0 unspecified atom stereocenters. The molecule has 1 amide bonds. The molecular formula is C16H16FN3O3. The number of carbonyl (C=O) groups excluding carboxylic acids is 1. The van der Waals surface area contributed by atoms with Crippen LogP contribution in [0.25, 0.3) is 0 Å². The number of anilines is 1. The molecule has 0 fully saturated rings. The van der Waals surface area contributed by atoms with Crippen LogP contribution in [0.3, 0.4) is 0 Å². The predicted octanol–water partition coefficient (Wildman–Crippen LogP) is 3.27. The van der Waals surface area contributed by atoms with Crippen molar-refractivity contribution in [3.05, 3.63) is 69.5 Å². The maximum atomic E-state index is 12.9. The largest absolute Gasteiger partial charge is 0.383 e. The number of nitrogens with one attached hydrogen (secondary N) is 2. The highest BCUT2D eigenvalue weighted by Crippen LogP contribution is 2.25. The number of rotatable bonds is 5. The average molecular weight is 317 g/mol. The number of benzene rings is 2. The molecule has 2 aromatic carbocycles. The standard InChI is InChI=1S/C16H16FN3O3/c1-10(11-3-6-13(17)7-4-11)19-16(21)12-5-8-14(18-2)15(9-12)20(22)23/h3-10,18H,1-2H3,(H,19,21)/t10-/m1/s1. The SMILES string of the molecule is CNc1ccc(C(=O)N[C@H](C)c2ccc(F)cc2)cc1[N+](=O)[O-]. The van der Waals surface area contributed by atoms with E-state index in [4.69, 9.17) is 0 Å². The summed E-state index contributed by atoms with van der Waals surface area (Å²) < 4.78 is 12.9. The third-order valence-electron chi connectivity index (χ3n) is 3.44. The van der Waals surface area contributed by atoms with Crippen LogP contribution in [0.1, 0.15) is 28.9 Å². The van der Waals surface area contributed by atoms with Crippen LogP contribution in [0, 0.1) is 15.9 Å². The third-order valence-corrected chi connectivity index (χ3v) is 3.44. The molecule has 0 aliphatic heterocycles. The van der Waals surface area contributed by atoms with Crippen molar-refractivity contribution in [2.75, 3.05) is 12.4 Å². The summed E-state index contributed by atoms with van der Waals surface area (Å²) in [6.07, 6.45) is 0. The number of nitro groups is 1. The number of amides is 1. The number of halogens is 1. The van der Waals surface area contributed by atoms with Crippen molar-refractivity contribution in [2.24, 2.45) is 0 Å². The molecule has 0 radical (unpaired) electrons. The molecule has 0 heterocycles. The molecule has 6 nitrogen and oxygen atoms in total. The van der Waals surface area contributed by atoms with Gasteiger partial charge in [-0.25, -0.2) is 4.39 Å². The average Bonchev–Trinajstić information content (AvgIpc) is 2.54. The zero-order valence-corrected chi connectivity index (χ0v) is 12.7. The van der Waals surface area contributed by atoms with Gasteiger partial charge in [0, 0.05) is 18.7 Å². The Balaban J connectivity index is 2.18. The second-order valence-electron chi connectivity index (χ2n) is 4.99. The van der Waals surface area contributed by atoms with Gasteiger partial charge in [0.1, 0.15) is 11.5 Å². The van der Waals surface area contributed by atoms with E-state index in [1.165, 1.54) is 30.3 Å². The summed E-state index contributed by atoms with van der Waals surface area (Å²) in [6, 6.07) is 9.63. The van der Waals surface area contributed by atoms with Gasteiger partial charge in [-0.05, 0) is 36.8 Å².